The van der Waals surface area contributed by atoms with Gasteiger partial charge in [0.1, 0.15) is 11.5 Å². The fourth-order valence-electron chi connectivity index (χ4n) is 3.68. The average molecular weight is 473 g/mol. The number of rotatable bonds is 7. The predicted molar refractivity (Wildman–Crippen MR) is 120 cm³/mol. The summed E-state index contributed by atoms with van der Waals surface area (Å²) in [5, 5.41) is 11.5. The Morgan fingerprint density at radius 3 is 2.62 bits per heavy atom. The van der Waals surface area contributed by atoms with Crippen molar-refractivity contribution < 1.29 is 23.1 Å². The molecule has 2 atom stereocenters. The number of benzene rings is 1. The maximum absolute atomic E-state index is 12.9. The predicted octanol–water partition coefficient (Wildman–Crippen LogP) is 3.04. The number of anilines is 1. The fourth-order valence-corrected chi connectivity index (χ4v) is 3.68. The van der Waals surface area contributed by atoms with Crippen LogP contribution in [0.3, 0.4) is 0 Å². The van der Waals surface area contributed by atoms with E-state index in [2.05, 4.69) is 25.7 Å². The number of nitrogens with one attached hydrogen (secondary N) is 2. The zero-order valence-corrected chi connectivity index (χ0v) is 18.9. The van der Waals surface area contributed by atoms with E-state index in [1.54, 1.807) is 24.0 Å². The molecule has 0 radical (unpaired) electrons. The highest BCUT2D eigenvalue weighted by atomic mass is 19.3. The lowest BCUT2D eigenvalue weighted by atomic mass is 10.1. The van der Waals surface area contributed by atoms with E-state index >= 15 is 0 Å². The Labute approximate surface area is 194 Å². The van der Waals surface area contributed by atoms with Gasteiger partial charge in [0.15, 0.2) is 0 Å². The van der Waals surface area contributed by atoms with Gasteiger partial charge in [0, 0.05) is 30.1 Å². The zero-order valence-electron chi connectivity index (χ0n) is 18.9. The number of carbonyl (C=O) groups excluding carboxylic acids is 1. The van der Waals surface area contributed by atoms with Gasteiger partial charge in [0.2, 0.25) is 0 Å². The smallest absolute Gasteiger partial charge is 0.320 e. The van der Waals surface area contributed by atoms with Crippen LogP contribution < -0.4 is 15.4 Å². The highest BCUT2D eigenvalue weighted by Gasteiger charge is 2.33. The van der Waals surface area contributed by atoms with Crippen LogP contribution in [0.1, 0.15) is 12.5 Å². The monoisotopic (exact) mass is 473 g/mol. The molecule has 2 aromatic heterocycles. The summed E-state index contributed by atoms with van der Waals surface area (Å²) in [7, 11) is 1.48. The highest BCUT2D eigenvalue weighted by Crippen LogP contribution is 2.30. The lowest BCUT2D eigenvalue weighted by molar-refractivity contribution is -0.159. The summed E-state index contributed by atoms with van der Waals surface area (Å²) < 4.78 is 32.0. The standard InChI is InChI=1S/C22H25F2N7O3/c1-13-19(15-9-25-22(33-3)26-10-15)29-31(16-7-5-4-6-8-16)20(13)28-21(32)27-17-11-30(12-18(23)24)34-14(17)2/h4-10,14,17-18H,11-12H2,1-3H3,(H2,27,28,32)/t14-,17+/m0/s1. The van der Waals surface area contributed by atoms with Crippen LogP contribution in [0.5, 0.6) is 6.01 Å². The topological polar surface area (TPSA) is 106 Å². The first kappa shape index (κ1) is 23.5. The molecule has 0 saturated carbocycles. The maximum Gasteiger partial charge on any atom is 0.320 e. The van der Waals surface area contributed by atoms with Gasteiger partial charge in [0.25, 0.3) is 6.43 Å². The average Bonchev–Trinajstić information content (AvgIpc) is 3.32. The number of halogens is 2. The van der Waals surface area contributed by atoms with Crippen LogP contribution >= 0.6 is 0 Å². The molecule has 2 amide bonds. The lowest BCUT2D eigenvalue weighted by Gasteiger charge is -2.16. The number of aromatic nitrogens is 4. The molecule has 0 aliphatic carbocycles. The molecule has 0 spiro atoms. The summed E-state index contributed by atoms with van der Waals surface area (Å²) in [6.07, 6.45) is 0.213. The largest absolute Gasteiger partial charge is 0.467 e. The van der Waals surface area contributed by atoms with Crippen molar-refractivity contribution in [2.75, 3.05) is 25.5 Å². The number of hydroxylamine groups is 2. The fraction of sp³-hybridized carbons (Fsp3) is 0.364. The minimum Gasteiger partial charge on any atom is -0.467 e. The molecule has 1 aliphatic heterocycles. The molecule has 10 nitrogen and oxygen atoms in total. The molecule has 1 saturated heterocycles. The Hall–Kier alpha value is -3.64. The maximum atomic E-state index is 12.9. The minimum atomic E-state index is -2.52. The quantitative estimate of drug-likeness (QED) is 0.543. The van der Waals surface area contributed by atoms with E-state index in [4.69, 9.17) is 9.57 Å². The summed E-state index contributed by atoms with van der Waals surface area (Å²) in [5.41, 5.74) is 2.67. The second kappa shape index (κ2) is 10.1. The summed E-state index contributed by atoms with van der Waals surface area (Å²) in [6, 6.07) is 8.60. The van der Waals surface area contributed by atoms with Crippen LogP contribution in [0, 0.1) is 6.92 Å². The zero-order chi connectivity index (χ0) is 24.2. The van der Waals surface area contributed by atoms with E-state index in [1.807, 2.05) is 37.3 Å². The van der Waals surface area contributed by atoms with E-state index in [0.717, 1.165) is 5.69 Å². The number of urea groups is 1. The Kier molecular flexibility index (Phi) is 6.98. The molecule has 1 fully saturated rings. The van der Waals surface area contributed by atoms with Gasteiger partial charge in [-0.3, -0.25) is 10.2 Å². The Bertz CT molecular complexity index is 1130. The number of alkyl halides is 2. The minimum absolute atomic E-state index is 0.157. The van der Waals surface area contributed by atoms with Crippen LogP contribution in [0.2, 0.25) is 0 Å². The van der Waals surface area contributed by atoms with E-state index in [-0.39, 0.29) is 12.6 Å². The van der Waals surface area contributed by atoms with E-state index in [9.17, 15) is 13.6 Å². The summed E-state index contributed by atoms with van der Waals surface area (Å²) in [5.74, 6) is 0.450. The normalized spacial score (nSPS) is 18.3. The second-order valence-electron chi connectivity index (χ2n) is 7.78. The van der Waals surface area contributed by atoms with Gasteiger partial charge >= 0.3 is 12.0 Å². The van der Waals surface area contributed by atoms with Crippen molar-refractivity contribution >= 4 is 11.8 Å². The SMILES string of the molecule is COc1ncc(-c2nn(-c3ccccc3)c(NC(=O)N[C@@H]3CN(CC(F)F)O[C@H]3C)c2C)cn1. The molecule has 3 aromatic rings. The van der Waals surface area contributed by atoms with Gasteiger partial charge in [-0.15, -0.1) is 0 Å². The van der Waals surface area contributed by atoms with Crippen LogP contribution in [-0.4, -0.2) is 69.6 Å². The van der Waals surface area contributed by atoms with Crippen molar-refractivity contribution in [3.8, 4) is 23.0 Å². The molecule has 1 aromatic carbocycles. The molecule has 0 bridgehead atoms. The molecule has 3 heterocycles. The summed E-state index contributed by atoms with van der Waals surface area (Å²) >= 11 is 0. The van der Waals surface area contributed by atoms with Gasteiger partial charge in [0.05, 0.1) is 31.5 Å². The van der Waals surface area contributed by atoms with Gasteiger partial charge in [-0.1, -0.05) is 18.2 Å². The Morgan fingerprint density at radius 2 is 1.97 bits per heavy atom. The van der Waals surface area contributed by atoms with Crippen LogP contribution in [0.25, 0.3) is 16.9 Å². The molecule has 12 heteroatoms. The first-order valence-electron chi connectivity index (χ1n) is 10.6. The van der Waals surface area contributed by atoms with E-state index in [0.29, 0.717) is 22.6 Å². The number of hydrogen-bond acceptors (Lipinski definition) is 7. The van der Waals surface area contributed by atoms with Crippen LogP contribution in [0.15, 0.2) is 42.7 Å². The molecular weight excluding hydrogens is 448 g/mol. The number of nitrogens with zero attached hydrogens (tertiary/aromatic N) is 5. The number of ether oxygens (including phenoxy) is 1. The summed E-state index contributed by atoms with van der Waals surface area (Å²) in [6.45, 7) is 3.19. The molecule has 34 heavy (non-hydrogen) atoms. The van der Waals surface area contributed by atoms with E-state index < -0.39 is 31.1 Å². The number of para-hydroxylation sites is 1. The van der Waals surface area contributed by atoms with Crippen molar-refractivity contribution in [3.05, 3.63) is 48.3 Å². The van der Waals surface area contributed by atoms with Crippen molar-refractivity contribution in [1.29, 1.82) is 0 Å². The molecule has 1 aliphatic rings. The van der Waals surface area contributed by atoms with Crippen molar-refractivity contribution in [2.45, 2.75) is 32.4 Å². The van der Waals surface area contributed by atoms with Crippen molar-refractivity contribution in [2.24, 2.45) is 0 Å². The van der Waals surface area contributed by atoms with Crippen LogP contribution in [0.4, 0.5) is 19.4 Å². The lowest BCUT2D eigenvalue weighted by Crippen LogP contribution is -2.44. The molecule has 180 valence electrons. The van der Waals surface area contributed by atoms with E-state index in [1.165, 1.54) is 12.2 Å². The van der Waals surface area contributed by atoms with Crippen LogP contribution in [-0.2, 0) is 4.84 Å². The van der Waals surface area contributed by atoms with Crippen molar-refractivity contribution in [1.82, 2.24) is 30.1 Å². The molecule has 2 N–H and O–H groups in total. The van der Waals surface area contributed by atoms with Gasteiger partial charge in [-0.25, -0.2) is 28.2 Å². The first-order valence-corrected chi connectivity index (χ1v) is 10.6. The number of amides is 2. The third-order valence-electron chi connectivity index (χ3n) is 5.38. The van der Waals surface area contributed by atoms with Gasteiger partial charge in [-0.2, -0.15) is 10.2 Å². The van der Waals surface area contributed by atoms with Gasteiger partial charge in [-0.05, 0) is 26.0 Å². The molecule has 4 rings (SSSR count). The third-order valence-corrected chi connectivity index (χ3v) is 5.38. The molecular formula is C22H25F2N7O3. The Balaban J connectivity index is 1.59. The highest BCUT2D eigenvalue weighted by molar-refractivity contribution is 5.91. The molecule has 0 unspecified atom stereocenters. The number of hydrogen-bond donors (Lipinski definition) is 2. The summed E-state index contributed by atoms with van der Waals surface area (Å²) in [4.78, 5) is 26.6. The van der Waals surface area contributed by atoms with Gasteiger partial charge < -0.3 is 10.1 Å². The third kappa shape index (κ3) is 5.13. The first-order chi connectivity index (χ1) is 16.4. The Morgan fingerprint density at radius 1 is 1.26 bits per heavy atom. The number of carbonyl (C=O) groups is 1. The van der Waals surface area contributed by atoms with Crippen molar-refractivity contribution in [3.63, 3.8) is 0 Å². The second-order valence-corrected chi connectivity index (χ2v) is 7.78. The number of methoxy groups -OCH3 is 1.